The lowest BCUT2D eigenvalue weighted by molar-refractivity contribution is 0.226. The van der Waals surface area contributed by atoms with E-state index in [1.54, 1.807) is 11.3 Å². The van der Waals surface area contributed by atoms with Gasteiger partial charge in [-0.05, 0) is 51.0 Å². The van der Waals surface area contributed by atoms with Crippen molar-refractivity contribution < 1.29 is 0 Å². The number of nitrogens with zero attached hydrogens (tertiary/aromatic N) is 2. The Bertz CT molecular complexity index is 561. The van der Waals surface area contributed by atoms with Crippen LogP contribution in [0.4, 0.5) is 5.13 Å². The summed E-state index contributed by atoms with van der Waals surface area (Å²) in [6, 6.07) is 5.88. The number of fused-ring (bicyclic) bond motifs is 1. The highest BCUT2D eigenvalue weighted by Gasteiger charge is 2.16. The van der Waals surface area contributed by atoms with Gasteiger partial charge in [-0.3, -0.25) is 0 Å². The first-order valence-corrected chi connectivity index (χ1v) is 7.89. The summed E-state index contributed by atoms with van der Waals surface area (Å²) in [4.78, 5) is 6.98. The van der Waals surface area contributed by atoms with Gasteiger partial charge in [-0.1, -0.05) is 29.0 Å². The molecule has 1 aromatic carbocycles. The number of anilines is 1. The molecule has 1 aromatic heterocycles. The van der Waals surface area contributed by atoms with Crippen molar-refractivity contribution in [3.8, 4) is 0 Å². The highest BCUT2D eigenvalue weighted by atomic mass is 35.5. The Morgan fingerprint density at radius 3 is 2.95 bits per heavy atom. The van der Waals surface area contributed by atoms with Crippen molar-refractivity contribution in [2.24, 2.45) is 5.92 Å². The monoisotopic (exact) mass is 295 g/mol. The fourth-order valence-corrected chi connectivity index (χ4v) is 3.65. The molecule has 0 radical (unpaired) electrons. The first-order valence-electron chi connectivity index (χ1n) is 6.70. The third-order valence-corrected chi connectivity index (χ3v) is 5.24. The van der Waals surface area contributed by atoms with Gasteiger partial charge in [-0.15, -0.1) is 0 Å². The van der Waals surface area contributed by atoms with E-state index in [1.165, 1.54) is 25.9 Å². The van der Waals surface area contributed by atoms with Crippen LogP contribution in [0, 0.1) is 5.92 Å². The predicted octanol–water partition coefficient (Wildman–Crippen LogP) is 3.70. The van der Waals surface area contributed by atoms with E-state index in [-0.39, 0.29) is 0 Å². The smallest absolute Gasteiger partial charge is 0.183 e. The molecule has 1 fully saturated rings. The third-order valence-electron chi connectivity index (χ3n) is 3.75. The minimum absolute atomic E-state index is 0.763. The lowest BCUT2D eigenvalue weighted by Crippen LogP contribution is -2.32. The predicted molar refractivity (Wildman–Crippen MR) is 83.3 cm³/mol. The molecule has 0 bridgehead atoms. The van der Waals surface area contributed by atoms with Gasteiger partial charge in [0.15, 0.2) is 5.13 Å². The zero-order valence-electron chi connectivity index (χ0n) is 11.0. The van der Waals surface area contributed by atoms with Gasteiger partial charge in [0, 0.05) is 6.54 Å². The van der Waals surface area contributed by atoms with E-state index < -0.39 is 0 Å². The molecule has 0 unspecified atom stereocenters. The Hall–Kier alpha value is -0.840. The van der Waals surface area contributed by atoms with Crippen molar-refractivity contribution in [1.29, 1.82) is 0 Å². The maximum absolute atomic E-state index is 6.17. The summed E-state index contributed by atoms with van der Waals surface area (Å²) >= 11 is 7.82. The van der Waals surface area contributed by atoms with Crippen molar-refractivity contribution in [3.05, 3.63) is 23.2 Å². The number of halogens is 1. The molecular formula is C14H18ClN3S. The molecule has 5 heteroatoms. The molecule has 19 heavy (non-hydrogen) atoms. The van der Waals surface area contributed by atoms with Gasteiger partial charge >= 0.3 is 0 Å². The van der Waals surface area contributed by atoms with E-state index >= 15 is 0 Å². The average Bonchev–Trinajstić information content (AvgIpc) is 2.83. The molecule has 1 aliphatic heterocycles. The lowest BCUT2D eigenvalue weighted by atomic mass is 9.97. The summed E-state index contributed by atoms with van der Waals surface area (Å²) in [6.07, 6.45) is 2.55. The van der Waals surface area contributed by atoms with E-state index in [4.69, 9.17) is 11.6 Å². The zero-order chi connectivity index (χ0) is 13.2. The summed E-state index contributed by atoms with van der Waals surface area (Å²) in [5, 5.41) is 5.26. The van der Waals surface area contributed by atoms with Crippen LogP contribution < -0.4 is 5.32 Å². The van der Waals surface area contributed by atoms with Crippen LogP contribution in [0.15, 0.2) is 18.2 Å². The number of rotatable bonds is 3. The first-order chi connectivity index (χ1) is 9.22. The molecule has 2 heterocycles. The quantitative estimate of drug-likeness (QED) is 0.936. The van der Waals surface area contributed by atoms with Gasteiger partial charge < -0.3 is 10.2 Å². The van der Waals surface area contributed by atoms with E-state index in [9.17, 15) is 0 Å². The van der Waals surface area contributed by atoms with E-state index in [1.807, 2.05) is 18.2 Å². The Kier molecular flexibility index (Phi) is 3.91. The van der Waals surface area contributed by atoms with E-state index in [2.05, 4.69) is 22.2 Å². The second-order valence-electron chi connectivity index (χ2n) is 5.23. The van der Waals surface area contributed by atoms with Gasteiger partial charge in [0.05, 0.1) is 15.2 Å². The molecule has 0 atom stereocenters. The van der Waals surface area contributed by atoms with Crippen LogP contribution in [-0.2, 0) is 0 Å². The molecule has 0 spiro atoms. The standard InChI is InChI=1S/C14H18ClN3S/c1-18-7-5-10(6-8-18)9-16-14-17-12-4-2-3-11(15)13(12)19-14/h2-4,10H,5-9H2,1H3,(H,16,17). The molecule has 1 aliphatic rings. The van der Waals surface area contributed by atoms with E-state index in [0.29, 0.717) is 0 Å². The van der Waals surface area contributed by atoms with Crippen molar-refractivity contribution in [2.45, 2.75) is 12.8 Å². The highest BCUT2D eigenvalue weighted by molar-refractivity contribution is 7.22. The fourth-order valence-electron chi connectivity index (χ4n) is 2.49. The van der Waals surface area contributed by atoms with Gasteiger partial charge in [-0.25, -0.2) is 4.98 Å². The number of likely N-dealkylation sites (tertiary alicyclic amines) is 1. The Balaban J connectivity index is 1.64. The van der Waals surface area contributed by atoms with Crippen molar-refractivity contribution in [2.75, 3.05) is 32.0 Å². The number of benzene rings is 1. The largest absolute Gasteiger partial charge is 0.361 e. The van der Waals surface area contributed by atoms with Crippen molar-refractivity contribution in [1.82, 2.24) is 9.88 Å². The molecular weight excluding hydrogens is 278 g/mol. The number of piperidine rings is 1. The van der Waals surface area contributed by atoms with Crippen LogP contribution in [0.25, 0.3) is 10.2 Å². The summed E-state index contributed by atoms with van der Waals surface area (Å²) in [7, 11) is 2.19. The molecule has 3 rings (SSSR count). The van der Waals surface area contributed by atoms with Crippen LogP contribution >= 0.6 is 22.9 Å². The van der Waals surface area contributed by atoms with Crippen molar-refractivity contribution >= 4 is 38.3 Å². The number of nitrogens with one attached hydrogen (secondary N) is 1. The van der Waals surface area contributed by atoms with Gasteiger partial charge in [0.25, 0.3) is 0 Å². The Morgan fingerprint density at radius 2 is 2.21 bits per heavy atom. The van der Waals surface area contributed by atoms with Gasteiger partial charge in [0.1, 0.15) is 0 Å². The molecule has 102 valence electrons. The third kappa shape index (κ3) is 3.02. The number of hydrogen-bond acceptors (Lipinski definition) is 4. The highest BCUT2D eigenvalue weighted by Crippen LogP contribution is 2.32. The lowest BCUT2D eigenvalue weighted by Gasteiger charge is -2.28. The maximum atomic E-state index is 6.17. The Morgan fingerprint density at radius 1 is 1.42 bits per heavy atom. The van der Waals surface area contributed by atoms with Crippen LogP contribution in [0.2, 0.25) is 5.02 Å². The second kappa shape index (κ2) is 5.65. The van der Waals surface area contributed by atoms with E-state index in [0.717, 1.165) is 32.8 Å². The summed E-state index contributed by atoms with van der Waals surface area (Å²) in [6.45, 7) is 3.43. The number of hydrogen-bond donors (Lipinski definition) is 1. The Labute approximate surface area is 122 Å². The second-order valence-corrected chi connectivity index (χ2v) is 6.64. The first kappa shape index (κ1) is 13.2. The SMILES string of the molecule is CN1CCC(CNc2nc3cccc(Cl)c3s2)CC1. The molecule has 1 N–H and O–H groups in total. The molecule has 0 amide bonds. The molecule has 1 saturated heterocycles. The molecule has 2 aromatic rings. The zero-order valence-corrected chi connectivity index (χ0v) is 12.6. The van der Waals surface area contributed by atoms with Crippen LogP contribution in [0.5, 0.6) is 0 Å². The van der Waals surface area contributed by atoms with Crippen LogP contribution in [-0.4, -0.2) is 36.6 Å². The van der Waals surface area contributed by atoms with Gasteiger partial charge in [-0.2, -0.15) is 0 Å². The summed E-state index contributed by atoms with van der Waals surface area (Å²) < 4.78 is 1.08. The van der Waals surface area contributed by atoms with Crippen molar-refractivity contribution in [3.63, 3.8) is 0 Å². The molecule has 0 aliphatic carbocycles. The molecule has 3 nitrogen and oxygen atoms in total. The minimum atomic E-state index is 0.763. The van der Waals surface area contributed by atoms with Gasteiger partial charge in [0.2, 0.25) is 0 Å². The maximum Gasteiger partial charge on any atom is 0.183 e. The molecule has 0 saturated carbocycles. The van der Waals surface area contributed by atoms with Crippen LogP contribution in [0.1, 0.15) is 12.8 Å². The summed E-state index contributed by atoms with van der Waals surface area (Å²) in [5.41, 5.74) is 0.989. The topological polar surface area (TPSA) is 28.2 Å². The minimum Gasteiger partial charge on any atom is -0.361 e. The average molecular weight is 296 g/mol. The normalized spacial score (nSPS) is 18.0. The number of thiazole rings is 1. The number of aromatic nitrogens is 1. The van der Waals surface area contributed by atoms with Crippen LogP contribution in [0.3, 0.4) is 0 Å². The fraction of sp³-hybridized carbons (Fsp3) is 0.500. The summed E-state index contributed by atoms with van der Waals surface area (Å²) in [5.74, 6) is 0.763.